The van der Waals surface area contributed by atoms with E-state index in [0.717, 1.165) is 18.9 Å². The fraction of sp³-hybridized carbons (Fsp3) is 0.941. The summed E-state index contributed by atoms with van der Waals surface area (Å²) in [4.78, 5) is 12.0. The highest BCUT2D eigenvalue weighted by Gasteiger charge is 2.22. The first-order valence-corrected chi connectivity index (χ1v) is 8.50. The first kappa shape index (κ1) is 17.5. The Hall–Kier alpha value is -0.570. The van der Waals surface area contributed by atoms with Gasteiger partial charge in [0.15, 0.2) is 0 Å². The van der Waals surface area contributed by atoms with Gasteiger partial charge in [-0.2, -0.15) is 0 Å². The maximum atomic E-state index is 12.0. The molecule has 0 radical (unpaired) electrons. The summed E-state index contributed by atoms with van der Waals surface area (Å²) in [5, 5.41) is 3.16. The highest BCUT2D eigenvalue weighted by molar-refractivity contribution is 5.76. The molecule has 1 unspecified atom stereocenters. The topological polar surface area (TPSA) is 55.1 Å². The lowest BCUT2D eigenvalue weighted by atomic mass is 9.80. The molecule has 3 heteroatoms. The van der Waals surface area contributed by atoms with E-state index in [9.17, 15) is 4.79 Å². The van der Waals surface area contributed by atoms with Crippen LogP contribution in [0.3, 0.4) is 0 Å². The highest BCUT2D eigenvalue weighted by atomic mass is 16.1. The Balaban J connectivity index is 2.13. The standard InChI is InChI=1S/C17H34N2O/c1-13(2)5-4-6-14(3)19-17(20)11-15-7-9-16(12-18)10-8-15/h13-16H,4-12,18H2,1-3H3,(H,19,20). The van der Waals surface area contributed by atoms with Gasteiger partial charge in [0.25, 0.3) is 0 Å². The third-order valence-corrected chi connectivity index (χ3v) is 4.60. The van der Waals surface area contributed by atoms with E-state index >= 15 is 0 Å². The van der Waals surface area contributed by atoms with Gasteiger partial charge < -0.3 is 11.1 Å². The Morgan fingerprint density at radius 2 is 1.70 bits per heavy atom. The van der Waals surface area contributed by atoms with E-state index < -0.39 is 0 Å². The van der Waals surface area contributed by atoms with Crippen LogP contribution < -0.4 is 11.1 Å². The number of hydrogen-bond acceptors (Lipinski definition) is 2. The van der Waals surface area contributed by atoms with Crippen LogP contribution in [0.25, 0.3) is 0 Å². The summed E-state index contributed by atoms with van der Waals surface area (Å²) in [5.74, 6) is 2.29. The summed E-state index contributed by atoms with van der Waals surface area (Å²) < 4.78 is 0. The smallest absolute Gasteiger partial charge is 0.220 e. The number of nitrogens with one attached hydrogen (secondary N) is 1. The van der Waals surface area contributed by atoms with Crippen molar-refractivity contribution < 1.29 is 4.79 Å². The minimum Gasteiger partial charge on any atom is -0.354 e. The van der Waals surface area contributed by atoms with E-state index in [2.05, 4.69) is 26.1 Å². The molecular weight excluding hydrogens is 248 g/mol. The zero-order valence-electron chi connectivity index (χ0n) is 13.7. The third kappa shape index (κ3) is 7.28. The molecule has 0 aromatic carbocycles. The summed E-state index contributed by atoms with van der Waals surface area (Å²) in [6.45, 7) is 7.44. The molecule has 0 aromatic rings. The molecule has 1 aliphatic carbocycles. The molecule has 3 N–H and O–H groups in total. The van der Waals surface area contributed by atoms with Gasteiger partial charge in [-0.05, 0) is 63.3 Å². The van der Waals surface area contributed by atoms with Crippen LogP contribution in [0.15, 0.2) is 0 Å². The summed E-state index contributed by atoms with van der Waals surface area (Å²) >= 11 is 0. The Bertz CT molecular complexity index is 270. The lowest BCUT2D eigenvalue weighted by molar-refractivity contribution is -0.122. The summed E-state index contributed by atoms with van der Waals surface area (Å²) in [5.41, 5.74) is 5.70. The first-order chi connectivity index (χ1) is 9.51. The highest BCUT2D eigenvalue weighted by Crippen LogP contribution is 2.30. The van der Waals surface area contributed by atoms with E-state index in [1.165, 1.54) is 38.5 Å². The van der Waals surface area contributed by atoms with Gasteiger partial charge >= 0.3 is 0 Å². The molecule has 1 atom stereocenters. The average molecular weight is 282 g/mol. The number of amides is 1. The van der Waals surface area contributed by atoms with Gasteiger partial charge in [-0.25, -0.2) is 0 Å². The maximum absolute atomic E-state index is 12.0. The molecule has 1 rings (SSSR count). The zero-order valence-corrected chi connectivity index (χ0v) is 13.7. The zero-order chi connectivity index (χ0) is 15.0. The summed E-state index contributed by atoms with van der Waals surface area (Å²) in [6, 6.07) is 0.321. The Kier molecular flexibility index (Phi) is 8.20. The van der Waals surface area contributed by atoms with Gasteiger partial charge in [0.05, 0.1) is 0 Å². The quantitative estimate of drug-likeness (QED) is 0.716. The number of nitrogens with two attached hydrogens (primary N) is 1. The van der Waals surface area contributed by atoms with Crippen molar-refractivity contribution in [3.8, 4) is 0 Å². The molecule has 3 nitrogen and oxygen atoms in total. The monoisotopic (exact) mass is 282 g/mol. The largest absolute Gasteiger partial charge is 0.354 e. The van der Waals surface area contributed by atoms with Crippen molar-refractivity contribution in [1.82, 2.24) is 5.32 Å². The molecule has 1 saturated carbocycles. The van der Waals surface area contributed by atoms with E-state index in [0.29, 0.717) is 24.3 Å². The number of hydrogen-bond donors (Lipinski definition) is 2. The van der Waals surface area contributed by atoms with E-state index in [4.69, 9.17) is 5.73 Å². The molecule has 1 fully saturated rings. The van der Waals surface area contributed by atoms with Crippen LogP contribution in [0, 0.1) is 17.8 Å². The number of carbonyl (C=O) groups is 1. The van der Waals surface area contributed by atoms with Gasteiger partial charge in [-0.1, -0.05) is 26.7 Å². The molecule has 1 amide bonds. The van der Waals surface area contributed by atoms with Crippen LogP contribution in [0.4, 0.5) is 0 Å². The lowest BCUT2D eigenvalue weighted by Gasteiger charge is -2.27. The van der Waals surface area contributed by atoms with E-state index in [1.54, 1.807) is 0 Å². The van der Waals surface area contributed by atoms with Crippen LogP contribution in [0.1, 0.15) is 72.1 Å². The molecule has 0 aromatic heterocycles. The van der Waals surface area contributed by atoms with Crippen molar-refractivity contribution in [3.63, 3.8) is 0 Å². The predicted molar refractivity (Wildman–Crippen MR) is 85.4 cm³/mol. The Morgan fingerprint density at radius 1 is 1.10 bits per heavy atom. The Morgan fingerprint density at radius 3 is 2.25 bits per heavy atom. The van der Waals surface area contributed by atoms with Crippen molar-refractivity contribution >= 4 is 5.91 Å². The summed E-state index contributed by atoms with van der Waals surface area (Å²) in [7, 11) is 0. The Labute approximate surface area is 125 Å². The van der Waals surface area contributed by atoms with Crippen molar-refractivity contribution in [2.45, 2.75) is 78.2 Å². The average Bonchev–Trinajstić information content (AvgIpc) is 2.38. The molecule has 1 aliphatic rings. The van der Waals surface area contributed by atoms with Gasteiger partial charge in [0.1, 0.15) is 0 Å². The van der Waals surface area contributed by atoms with Crippen molar-refractivity contribution in [2.75, 3.05) is 6.54 Å². The fourth-order valence-electron chi connectivity index (χ4n) is 3.17. The third-order valence-electron chi connectivity index (χ3n) is 4.60. The van der Waals surface area contributed by atoms with Gasteiger partial charge in [-0.15, -0.1) is 0 Å². The molecule has 20 heavy (non-hydrogen) atoms. The second-order valence-corrected chi connectivity index (χ2v) is 7.12. The van der Waals surface area contributed by atoms with Crippen LogP contribution in [-0.2, 0) is 4.79 Å². The second kappa shape index (κ2) is 9.38. The molecule has 0 spiro atoms. The van der Waals surface area contributed by atoms with Crippen molar-refractivity contribution in [1.29, 1.82) is 0 Å². The van der Waals surface area contributed by atoms with Crippen LogP contribution >= 0.6 is 0 Å². The normalized spacial score (nSPS) is 24.6. The van der Waals surface area contributed by atoms with Crippen molar-refractivity contribution in [2.24, 2.45) is 23.5 Å². The molecule has 118 valence electrons. The number of rotatable bonds is 8. The molecule has 0 bridgehead atoms. The van der Waals surface area contributed by atoms with Gasteiger partial charge in [0.2, 0.25) is 5.91 Å². The van der Waals surface area contributed by atoms with Crippen LogP contribution in [0.2, 0.25) is 0 Å². The molecule has 0 aliphatic heterocycles. The van der Waals surface area contributed by atoms with E-state index in [-0.39, 0.29) is 5.91 Å². The molecule has 0 saturated heterocycles. The summed E-state index contributed by atoms with van der Waals surface area (Å²) in [6.07, 6.45) is 9.05. The first-order valence-electron chi connectivity index (χ1n) is 8.50. The van der Waals surface area contributed by atoms with Crippen molar-refractivity contribution in [3.05, 3.63) is 0 Å². The molecular formula is C17H34N2O. The maximum Gasteiger partial charge on any atom is 0.220 e. The molecule has 0 heterocycles. The SMILES string of the molecule is CC(C)CCCC(C)NC(=O)CC1CCC(CN)CC1. The number of carbonyl (C=O) groups excluding carboxylic acids is 1. The van der Waals surface area contributed by atoms with Crippen LogP contribution in [-0.4, -0.2) is 18.5 Å². The van der Waals surface area contributed by atoms with Gasteiger partial charge in [-0.3, -0.25) is 4.79 Å². The van der Waals surface area contributed by atoms with Crippen LogP contribution in [0.5, 0.6) is 0 Å². The fourth-order valence-corrected chi connectivity index (χ4v) is 3.17. The minimum atomic E-state index is 0.248. The lowest BCUT2D eigenvalue weighted by Crippen LogP contribution is -2.34. The second-order valence-electron chi connectivity index (χ2n) is 7.12. The van der Waals surface area contributed by atoms with Gasteiger partial charge in [0, 0.05) is 12.5 Å². The van der Waals surface area contributed by atoms with E-state index in [1.807, 2.05) is 0 Å². The predicted octanol–water partition coefficient (Wildman–Crippen LogP) is 3.47. The minimum absolute atomic E-state index is 0.248.